The van der Waals surface area contributed by atoms with E-state index in [4.69, 9.17) is 4.74 Å². The largest absolute Gasteiger partial charge is 0.384 e. The van der Waals surface area contributed by atoms with Crippen molar-refractivity contribution in [3.05, 3.63) is 47.7 Å². The Bertz CT molecular complexity index is 634. The first-order valence-corrected chi connectivity index (χ1v) is 7.18. The zero-order chi connectivity index (χ0) is 13.8. The van der Waals surface area contributed by atoms with Crippen molar-refractivity contribution in [3.8, 4) is 0 Å². The summed E-state index contributed by atoms with van der Waals surface area (Å²) in [4.78, 5) is 4.47. The number of anilines is 1. The van der Waals surface area contributed by atoms with Gasteiger partial charge in [0.05, 0.1) is 18.7 Å². The summed E-state index contributed by atoms with van der Waals surface area (Å²) in [5.41, 5.74) is 4.98. The highest BCUT2D eigenvalue weighted by Crippen LogP contribution is 2.24. The van der Waals surface area contributed by atoms with Gasteiger partial charge in [-0.25, -0.2) is 0 Å². The van der Waals surface area contributed by atoms with Crippen LogP contribution in [0, 0.1) is 6.92 Å². The summed E-state index contributed by atoms with van der Waals surface area (Å²) in [6.45, 7) is 4.70. The molecular formula is C17H20N2O. The van der Waals surface area contributed by atoms with Gasteiger partial charge in [0.25, 0.3) is 0 Å². The number of hydrogen-bond acceptors (Lipinski definition) is 3. The van der Waals surface area contributed by atoms with E-state index < -0.39 is 0 Å². The maximum Gasteiger partial charge on any atom is 0.0751 e. The van der Waals surface area contributed by atoms with Crippen LogP contribution >= 0.6 is 0 Å². The second-order valence-electron chi connectivity index (χ2n) is 5.19. The number of aromatic nitrogens is 1. The highest BCUT2D eigenvalue weighted by Gasteiger charge is 2.05. The molecule has 0 amide bonds. The quantitative estimate of drug-likeness (QED) is 0.859. The number of fused-ring (bicyclic) bond motifs is 1. The molecule has 1 aliphatic rings. The van der Waals surface area contributed by atoms with E-state index in [-0.39, 0.29) is 0 Å². The fourth-order valence-electron chi connectivity index (χ4n) is 2.63. The topological polar surface area (TPSA) is 34.1 Å². The fourth-order valence-corrected chi connectivity index (χ4v) is 2.63. The van der Waals surface area contributed by atoms with Crippen LogP contribution in [0.5, 0.6) is 0 Å². The molecule has 0 saturated heterocycles. The second-order valence-corrected chi connectivity index (χ2v) is 5.19. The number of pyridine rings is 1. The lowest BCUT2D eigenvalue weighted by atomic mass is 10.1. The number of nitrogens with zero attached hydrogens (tertiary/aromatic N) is 1. The molecule has 104 valence electrons. The van der Waals surface area contributed by atoms with Gasteiger partial charge >= 0.3 is 0 Å². The summed E-state index contributed by atoms with van der Waals surface area (Å²) in [5, 5.41) is 4.74. The first kappa shape index (κ1) is 13.1. The van der Waals surface area contributed by atoms with E-state index >= 15 is 0 Å². The van der Waals surface area contributed by atoms with Gasteiger partial charge in [-0.05, 0) is 31.4 Å². The molecule has 0 radical (unpaired) electrons. The molecule has 0 aliphatic carbocycles. The predicted molar refractivity (Wildman–Crippen MR) is 83.1 cm³/mol. The number of para-hydroxylation sites is 1. The molecule has 0 atom stereocenters. The van der Waals surface area contributed by atoms with Crippen LogP contribution in [-0.4, -0.2) is 24.7 Å². The molecular weight excluding hydrogens is 248 g/mol. The van der Waals surface area contributed by atoms with Gasteiger partial charge in [0.15, 0.2) is 0 Å². The molecule has 0 bridgehead atoms. The van der Waals surface area contributed by atoms with Crippen molar-refractivity contribution in [3.63, 3.8) is 0 Å². The Hall–Kier alpha value is -1.87. The molecule has 0 saturated carbocycles. The van der Waals surface area contributed by atoms with E-state index in [1.165, 1.54) is 22.2 Å². The average Bonchev–Trinajstić information content (AvgIpc) is 2.49. The van der Waals surface area contributed by atoms with Gasteiger partial charge in [-0.1, -0.05) is 29.8 Å². The van der Waals surface area contributed by atoms with Crippen LogP contribution in [0.4, 0.5) is 5.69 Å². The van der Waals surface area contributed by atoms with Crippen LogP contribution in [0.25, 0.3) is 10.9 Å². The van der Waals surface area contributed by atoms with Gasteiger partial charge in [-0.2, -0.15) is 0 Å². The summed E-state index contributed by atoms with van der Waals surface area (Å²) >= 11 is 0. The van der Waals surface area contributed by atoms with Crippen molar-refractivity contribution in [1.29, 1.82) is 0 Å². The van der Waals surface area contributed by atoms with Gasteiger partial charge in [0, 0.05) is 23.8 Å². The maximum absolute atomic E-state index is 5.33. The minimum Gasteiger partial charge on any atom is -0.384 e. The predicted octanol–water partition coefficient (Wildman–Crippen LogP) is 3.69. The Morgan fingerprint density at radius 1 is 1.30 bits per heavy atom. The highest BCUT2D eigenvalue weighted by atomic mass is 16.5. The number of rotatable bonds is 4. The first-order chi connectivity index (χ1) is 9.84. The van der Waals surface area contributed by atoms with Crippen LogP contribution in [0.2, 0.25) is 0 Å². The maximum atomic E-state index is 5.33. The highest BCUT2D eigenvalue weighted by molar-refractivity contribution is 5.92. The van der Waals surface area contributed by atoms with Crippen molar-refractivity contribution in [1.82, 2.24) is 4.98 Å². The summed E-state index contributed by atoms with van der Waals surface area (Å²) in [6.07, 6.45) is 6.24. The number of nitrogens with one attached hydrogen (secondary N) is 1. The van der Waals surface area contributed by atoms with Crippen LogP contribution in [0.15, 0.2) is 42.1 Å². The van der Waals surface area contributed by atoms with Crippen LogP contribution in [0.3, 0.4) is 0 Å². The smallest absolute Gasteiger partial charge is 0.0751 e. The van der Waals surface area contributed by atoms with Crippen LogP contribution < -0.4 is 5.32 Å². The van der Waals surface area contributed by atoms with Crippen LogP contribution in [-0.2, 0) is 4.74 Å². The van der Waals surface area contributed by atoms with E-state index in [2.05, 4.69) is 47.6 Å². The summed E-state index contributed by atoms with van der Waals surface area (Å²) < 4.78 is 5.33. The third kappa shape index (κ3) is 2.83. The number of ether oxygens (including phenoxy) is 1. The van der Waals surface area contributed by atoms with Crippen molar-refractivity contribution >= 4 is 16.6 Å². The summed E-state index contributed by atoms with van der Waals surface area (Å²) in [6, 6.07) is 8.38. The van der Waals surface area contributed by atoms with Gasteiger partial charge in [0.1, 0.15) is 0 Å². The molecule has 2 aromatic rings. The van der Waals surface area contributed by atoms with Crippen molar-refractivity contribution in [2.75, 3.05) is 25.1 Å². The summed E-state index contributed by atoms with van der Waals surface area (Å²) in [7, 11) is 0. The van der Waals surface area contributed by atoms with Crippen molar-refractivity contribution < 1.29 is 4.74 Å². The molecule has 0 fully saturated rings. The minimum atomic E-state index is 0.771. The standard InChI is InChI=1S/C17H20N2O/c1-13-3-2-4-15-16(6-10-19-17(13)15)18-9-5-14-7-11-20-12-8-14/h2-4,6-7,10H,5,8-9,11-12H2,1H3,(H,18,19). The third-order valence-corrected chi connectivity index (χ3v) is 3.79. The van der Waals surface area contributed by atoms with Gasteiger partial charge in [-0.15, -0.1) is 0 Å². The molecule has 1 aromatic carbocycles. The Balaban J connectivity index is 1.71. The van der Waals surface area contributed by atoms with Gasteiger partial charge in [0.2, 0.25) is 0 Å². The lowest BCUT2D eigenvalue weighted by Crippen LogP contribution is -2.09. The molecule has 2 heterocycles. The Kier molecular flexibility index (Phi) is 3.97. The molecule has 0 spiro atoms. The van der Waals surface area contributed by atoms with E-state index in [1.54, 1.807) is 0 Å². The van der Waals surface area contributed by atoms with E-state index in [0.29, 0.717) is 0 Å². The zero-order valence-electron chi connectivity index (χ0n) is 11.9. The normalized spacial score (nSPS) is 15.2. The molecule has 1 aromatic heterocycles. The number of hydrogen-bond donors (Lipinski definition) is 1. The van der Waals surface area contributed by atoms with E-state index in [0.717, 1.165) is 38.1 Å². The molecule has 3 heteroatoms. The monoisotopic (exact) mass is 268 g/mol. The summed E-state index contributed by atoms with van der Waals surface area (Å²) in [5.74, 6) is 0. The third-order valence-electron chi connectivity index (χ3n) is 3.79. The molecule has 3 rings (SSSR count). The molecule has 0 unspecified atom stereocenters. The number of aryl methyl sites for hydroxylation is 1. The van der Waals surface area contributed by atoms with Gasteiger partial charge < -0.3 is 10.1 Å². The Morgan fingerprint density at radius 3 is 3.10 bits per heavy atom. The van der Waals surface area contributed by atoms with Crippen molar-refractivity contribution in [2.24, 2.45) is 0 Å². The lowest BCUT2D eigenvalue weighted by molar-refractivity contribution is 0.153. The molecule has 3 nitrogen and oxygen atoms in total. The fraction of sp³-hybridized carbons (Fsp3) is 0.353. The van der Waals surface area contributed by atoms with Crippen molar-refractivity contribution in [2.45, 2.75) is 19.8 Å². The Labute approximate surface area is 119 Å². The van der Waals surface area contributed by atoms with Crippen LogP contribution in [0.1, 0.15) is 18.4 Å². The molecule has 20 heavy (non-hydrogen) atoms. The average molecular weight is 268 g/mol. The SMILES string of the molecule is Cc1cccc2c(NCCC3=CCOCC3)ccnc12. The molecule has 1 aliphatic heterocycles. The van der Waals surface area contributed by atoms with E-state index in [1.807, 2.05) is 6.20 Å². The Morgan fingerprint density at radius 2 is 2.25 bits per heavy atom. The number of benzene rings is 1. The molecule has 1 N–H and O–H groups in total. The zero-order valence-corrected chi connectivity index (χ0v) is 11.9. The van der Waals surface area contributed by atoms with E-state index in [9.17, 15) is 0 Å². The minimum absolute atomic E-state index is 0.771. The van der Waals surface area contributed by atoms with Gasteiger partial charge in [-0.3, -0.25) is 4.98 Å². The first-order valence-electron chi connectivity index (χ1n) is 7.18. The lowest BCUT2D eigenvalue weighted by Gasteiger charge is -2.15. The second kappa shape index (κ2) is 6.06.